The molecular formula is C8H16N2. The minimum absolute atomic E-state index is 0.105. The summed E-state index contributed by atoms with van der Waals surface area (Å²) in [4.78, 5) is 2.25. The summed E-state index contributed by atoms with van der Waals surface area (Å²) in [7, 11) is 2.11. The third-order valence-electron chi connectivity index (χ3n) is 2.38. The van der Waals surface area contributed by atoms with Crippen LogP contribution in [0, 0.1) is 0 Å². The minimum Gasteiger partial charge on any atom is -0.365 e. The first-order valence-electron chi connectivity index (χ1n) is 3.64. The molecule has 0 atom stereocenters. The third-order valence-corrected chi connectivity index (χ3v) is 2.38. The van der Waals surface area contributed by atoms with Crippen molar-refractivity contribution in [2.45, 2.75) is 33.4 Å². The second kappa shape index (κ2) is 1.91. The van der Waals surface area contributed by atoms with E-state index in [-0.39, 0.29) is 5.66 Å². The van der Waals surface area contributed by atoms with E-state index in [4.69, 9.17) is 0 Å². The van der Waals surface area contributed by atoms with E-state index < -0.39 is 0 Å². The first-order chi connectivity index (χ1) is 4.45. The van der Waals surface area contributed by atoms with Gasteiger partial charge in [0.05, 0.1) is 0 Å². The maximum absolute atomic E-state index is 3.40. The number of nitrogens with zero attached hydrogens (tertiary/aromatic N) is 1. The average molecular weight is 140 g/mol. The van der Waals surface area contributed by atoms with Gasteiger partial charge in [-0.1, -0.05) is 0 Å². The van der Waals surface area contributed by atoms with Gasteiger partial charge in [0.15, 0.2) is 0 Å². The minimum atomic E-state index is 0.105. The fraction of sp³-hybridized carbons (Fsp3) is 0.750. The Hall–Kier alpha value is -0.660. The van der Waals surface area contributed by atoms with Gasteiger partial charge in [-0.15, -0.1) is 0 Å². The van der Waals surface area contributed by atoms with E-state index in [9.17, 15) is 0 Å². The molecule has 58 valence electrons. The summed E-state index contributed by atoms with van der Waals surface area (Å²) in [6.45, 7) is 8.59. The molecule has 0 unspecified atom stereocenters. The third kappa shape index (κ3) is 0.877. The predicted octanol–water partition coefficient (Wildman–Crippen LogP) is 1.51. The highest BCUT2D eigenvalue weighted by Crippen LogP contribution is 2.24. The highest BCUT2D eigenvalue weighted by atomic mass is 15.3. The molecule has 1 heterocycles. The lowest BCUT2D eigenvalue weighted by molar-refractivity contribution is 0.207. The Kier molecular flexibility index (Phi) is 1.42. The zero-order valence-electron chi connectivity index (χ0n) is 7.45. The second-order valence-electron chi connectivity index (χ2n) is 3.45. The molecule has 0 aromatic heterocycles. The maximum atomic E-state index is 3.40. The molecule has 2 heteroatoms. The molecule has 0 amide bonds. The first-order valence-corrected chi connectivity index (χ1v) is 3.64. The van der Waals surface area contributed by atoms with Crippen LogP contribution >= 0.6 is 0 Å². The highest BCUT2D eigenvalue weighted by molar-refractivity contribution is 5.17. The summed E-state index contributed by atoms with van der Waals surface area (Å²) >= 11 is 0. The van der Waals surface area contributed by atoms with E-state index in [1.807, 2.05) is 0 Å². The Bertz CT molecular complexity index is 180. The molecule has 0 saturated heterocycles. The van der Waals surface area contributed by atoms with E-state index in [1.165, 1.54) is 11.4 Å². The normalized spacial score (nSPS) is 23.5. The lowest BCUT2D eigenvalue weighted by Gasteiger charge is -2.31. The summed E-state index contributed by atoms with van der Waals surface area (Å²) in [6, 6.07) is 0. The Labute approximate surface area is 62.9 Å². The Balaban J connectivity index is 2.87. The molecule has 0 aromatic rings. The van der Waals surface area contributed by atoms with Gasteiger partial charge in [0, 0.05) is 18.4 Å². The zero-order valence-corrected chi connectivity index (χ0v) is 7.45. The van der Waals surface area contributed by atoms with Crippen LogP contribution in [0.2, 0.25) is 0 Å². The molecule has 1 aliphatic heterocycles. The van der Waals surface area contributed by atoms with Crippen molar-refractivity contribution in [2.75, 3.05) is 7.05 Å². The summed E-state index contributed by atoms with van der Waals surface area (Å²) in [5.41, 5.74) is 2.73. The molecule has 0 fully saturated rings. The van der Waals surface area contributed by atoms with E-state index in [0.29, 0.717) is 0 Å². The number of hydrogen-bond donors (Lipinski definition) is 1. The van der Waals surface area contributed by atoms with Gasteiger partial charge in [-0.3, -0.25) is 0 Å². The summed E-state index contributed by atoms with van der Waals surface area (Å²) < 4.78 is 0. The van der Waals surface area contributed by atoms with Crippen LogP contribution in [0.25, 0.3) is 0 Å². The van der Waals surface area contributed by atoms with Crippen molar-refractivity contribution in [3.63, 3.8) is 0 Å². The van der Waals surface area contributed by atoms with E-state index >= 15 is 0 Å². The van der Waals surface area contributed by atoms with E-state index in [2.05, 4.69) is 45.0 Å². The average Bonchev–Trinajstić information content (AvgIpc) is 1.95. The molecule has 1 rings (SSSR count). The summed E-state index contributed by atoms with van der Waals surface area (Å²) in [5.74, 6) is 0. The van der Waals surface area contributed by atoms with Crippen molar-refractivity contribution in [3.05, 3.63) is 11.4 Å². The number of rotatable bonds is 0. The smallest absolute Gasteiger partial charge is 0.104 e. The number of allylic oxidation sites excluding steroid dienone is 2. The molecule has 0 bridgehead atoms. The van der Waals surface area contributed by atoms with Gasteiger partial charge in [0.25, 0.3) is 0 Å². The molecule has 1 N–H and O–H groups in total. The van der Waals surface area contributed by atoms with Crippen LogP contribution in [0.4, 0.5) is 0 Å². The van der Waals surface area contributed by atoms with Gasteiger partial charge in [-0.2, -0.15) is 0 Å². The van der Waals surface area contributed by atoms with Crippen LogP contribution in [-0.4, -0.2) is 17.6 Å². The Morgan fingerprint density at radius 2 is 1.80 bits per heavy atom. The quantitative estimate of drug-likeness (QED) is 0.548. The van der Waals surface area contributed by atoms with Gasteiger partial charge >= 0.3 is 0 Å². The van der Waals surface area contributed by atoms with Crippen LogP contribution in [0.15, 0.2) is 11.4 Å². The molecule has 0 aliphatic carbocycles. The van der Waals surface area contributed by atoms with Gasteiger partial charge in [-0.25, -0.2) is 0 Å². The SMILES string of the molecule is CC1=C(C)N(C)C(C)(C)N1. The first kappa shape index (κ1) is 7.45. The van der Waals surface area contributed by atoms with Crippen LogP contribution in [-0.2, 0) is 0 Å². The van der Waals surface area contributed by atoms with Crippen LogP contribution in [0.1, 0.15) is 27.7 Å². The van der Waals surface area contributed by atoms with E-state index in [1.54, 1.807) is 0 Å². The van der Waals surface area contributed by atoms with Gasteiger partial charge in [0.1, 0.15) is 5.66 Å². The van der Waals surface area contributed by atoms with Crippen molar-refractivity contribution >= 4 is 0 Å². The lowest BCUT2D eigenvalue weighted by Crippen LogP contribution is -2.44. The van der Waals surface area contributed by atoms with Crippen molar-refractivity contribution < 1.29 is 0 Å². The summed E-state index contributed by atoms with van der Waals surface area (Å²) in [6.07, 6.45) is 0. The zero-order chi connectivity index (χ0) is 7.94. The standard InChI is InChI=1S/C8H16N2/c1-6-7(2)10(5)8(3,4)9-6/h9H,1-5H3. The largest absolute Gasteiger partial charge is 0.365 e. The topological polar surface area (TPSA) is 15.3 Å². The molecule has 0 spiro atoms. The molecule has 2 nitrogen and oxygen atoms in total. The Morgan fingerprint density at radius 3 is 1.90 bits per heavy atom. The molecule has 1 aliphatic rings. The lowest BCUT2D eigenvalue weighted by atomic mass is 10.2. The maximum Gasteiger partial charge on any atom is 0.104 e. The predicted molar refractivity (Wildman–Crippen MR) is 43.4 cm³/mol. The monoisotopic (exact) mass is 140 g/mol. The number of nitrogens with one attached hydrogen (secondary N) is 1. The van der Waals surface area contributed by atoms with Gasteiger partial charge in [-0.05, 0) is 27.7 Å². The van der Waals surface area contributed by atoms with Crippen LogP contribution in [0.3, 0.4) is 0 Å². The summed E-state index contributed by atoms with van der Waals surface area (Å²) in [5, 5.41) is 3.40. The molecule has 10 heavy (non-hydrogen) atoms. The van der Waals surface area contributed by atoms with Crippen LogP contribution < -0.4 is 5.32 Å². The molecule has 0 aromatic carbocycles. The molecule has 0 saturated carbocycles. The van der Waals surface area contributed by atoms with Crippen molar-refractivity contribution in [1.82, 2.24) is 10.2 Å². The fourth-order valence-corrected chi connectivity index (χ4v) is 1.30. The Morgan fingerprint density at radius 1 is 1.30 bits per heavy atom. The second-order valence-corrected chi connectivity index (χ2v) is 3.45. The molecule has 0 radical (unpaired) electrons. The van der Waals surface area contributed by atoms with E-state index in [0.717, 1.165) is 0 Å². The van der Waals surface area contributed by atoms with Crippen molar-refractivity contribution in [2.24, 2.45) is 0 Å². The highest BCUT2D eigenvalue weighted by Gasteiger charge is 2.29. The van der Waals surface area contributed by atoms with Gasteiger partial charge in [0.2, 0.25) is 0 Å². The molecular weight excluding hydrogens is 124 g/mol. The van der Waals surface area contributed by atoms with Crippen molar-refractivity contribution in [1.29, 1.82) is 0 Å². The van der Waals surface area contributed by atoms with Crippen LogP contribution in [0.5, 0.6) is 0 Å². The van der Waals surface area contributed by atoms with Crippen molar-refractivity contribution in [3.8, 4) is 0 Å². The fourth-order valence-electron chi connectivity index (χ4n) is 1.30. The number of hydrogen-bond acceptors (Lipinski definition) is 2. The van der Waals surface area contributed by atoms with Gasteiger partial charge < -0.3 is 10.2 Å².